The fourth-order valence-corrected chi connectivity index (χ4v) is 2.67. The fourth-order valence-electron chi connectivity index (χ4n) is 1.79. The van der Waals surface area contributed by atoms with Crippen LogP contribution in [0.5, 0.6) is 5.75 Å². The normalized spacial score (nSPS) is 10.9. The predicted octanol–water partition coefficient (Wildman–Crippen LogP) is 1.48. The van der Waals surface area contributed by atoms with E-state index in [9.17, 15) is 0 Å². The second-order valence-electron chi connectivity index (χ2n) is 3.92. The van der Waals surface area contributed by atoms with Crippen molar-refractivity contribution in [2.75, 3.05) is 12.5 Å². The van der Waals surface area contributed by atoms with Crippen LogP contribution in [0.25, 0.3) is 16.0 Å². The summed E-state index contributed by atoms with van der Waals surface area (Å²) in [5, 5.41) is 5.17. The van der Waals surface area contributed by atoms with E-state index in [1.165, 1.54) is 0 Å². The Hall–Kier alpha value is -2.19. The Morgan fingerprint density at radius 1 is 1.42 bits per heavy atom. The van der Waals surface area contributed by atoms with E-state index in [0.717, 1.165) is 15.1 Å². The molecule has 3 aromatic heterocycles. The molecular formula is C11H12N6OS. The summed E-state index contributed by atoms with van der Waals surface area (Å²) < 4.78 is 6.77. The SMILES string of the molecule is COc1cnn(-c2nc(NN)nc3sc(C)cc23)c1. The number of hydrogen-bond acceptors (Lipinski definition) is 7. The summed E-state index contributed by atoms with van der Waals surface area (Å²) in [6, 6.07) is 2.03. The van der Waals surface area contributed by atoms with Crippen molar-refractivity contribution >= 4 is 27.5 Å². The molecule has 19 heavy (non-hydrogen) atoms. The Balaban J connectivity index is 2.25. The molecule has 0 fully saturated rings. The highest BCUT2D eigenvalue weighted by Gasteiger charge is 2.13. The zero-order valence-corrected chi connectivity index (χ0v) is 11.2. The number of rotatable bonds is 3. The van der Waals surface area contributed by atoms with Gasteiger partial charge in [0.05, 0.1) is 24.9 Å². The van der Waals surface area contributed by atoms with Crippen LogP contribution < -0.4 is 16.0 Å². The van der Waals surface area contributed by atoms with Gasteiger partial charge < -0.3 is 4.74 Å². The number of nitrogen functional groups attached to an aromatic ring is 1. The number of aromatic nitrogens is 4. The lowest BCUT2D eigenvalue weighted by atomic mass is 10.3. The molecule has 0 amide bonds. The van der Waals surface area contributed by atoms with E-state index >= 15 is 0 Å². The number of methoxy groups -OCH3 is 1. The molecule has 3 aromatic rings. The molecule has 0 unspecified atom stereocenters. The third-order valence-electron chi connectivity index (χ3n) is 2.64. The summed E-state index contributed by atoms with van der Waals surface area (Å²) in [7, 11) is 1.60. The number of fused-ring (bicyclic) bond motifs is 1. The quantitative estimate of drug-likeness (QED) is 0.556. The van der Waals surface area contributed by atoms with E-state index in [1.54, 1.807) is 35.5 Å². The van der Waals surface area contributed by atoms with Crippen molar-refractivity contribution in [2.45, 2.75) is 6.92 Å². The number of hydrazine groups is 1. The maximum atomic E-state index is 5.40. The lowest BCUT2D eigenvalue weighted by molar-refractivity contribution is 0.414. The highest BCUT2D eigenvalue weighted by Crippen LogP contribution is 2.28. The number of ether oxygens (including phenoxy) is 1. The van der Waals surface area contributed by atoms with Crippen molar-refractivity contribution in [1.82, 2.24) is 19.7 Å². The lowest BCUT2D eigenvalue weighted by Gasteiger charge is -2.04. The Kier molecular flexibility index (Phi) is 2.80. The molecular weight excluding hydrogens is 264 g/mol. The van der Waals surface area contributed by atoms with E-state index in [1.807, 2.05) is 13.0 Å². The van der Waals surface area contributed by atoms with Gasteiger partial charge in [0.25, 0.3) is 0 Å². The molecule has 0 atom stereocenters. The van der Waals surface area contributed by atoms with Gasteiger partial charge >= 0.3 is 0 Å². The average Bonchev–Trinajstić information content (AvgIpc) is 3.02. The van der Waals surface area contributed by atoms with E-state index in [4.69, 9.17) is 10.6 Å². The van der Waals surface area contributed by atoms with Crippen LogP contribution in [0.4, 0.5) is 5.95 Å². The van der Waals surface area contributed by atoms with Crippen LogP contribution >= 0.6 is 11.3 Å². The maximum absolute atomic E-state index is 5.40. The molecule has 3 rings (SSSR count). The first kappa shape index (κ1) is 11.9. The van der Waals surface area contributed by atoms with E-state index in [2.05, 4.69) is 20.5 Å². The third kappa shape index (κ3) is 2.00. The summed E-state index contributed by atoms with van der Waals surface area (Å²) in [6.07, 6.45) is 3.39. The molecule has 0 radical (unpaired) electrons. The number of anilines is 1. The first-order valence-corrected chi connectivity index (χ1v) is 6.36. The Morgan fingerprint density at radius 2 is 2.26 bits per heavy atom. The van der Waals surface area contributed by atoms with Gasteiger partial charge in [0.15, 0.2) is 11.6 Å². The van der Waals surface area contributed by atoms with E-state index in [0.29, 0.717) is 17.5 Å². The van der Waals surface area contributed by atoms with Gasteiger partial charge in [0, 0.05) is 4.88 Å². The first-order valence-electron chi connectivity index (χ1n) is 5.55. The Morgan fingerprint density at radius 3 is 2.95 bits per heavy atom. The third-order valence-corrected chi connectivity index (χ3v) is 3.58. The zero-order valence-electron chi connectivity index (χ0n) is 10.4. The smallest absolute Gasteiger partial charge is 0.240 e. The van der Waals surface area contributed by atoms with Gasteiger partial charge in [-0.2, -0.15) is 10.1 Å². The second-order valence-corrected chi connectivity index (χ2v) is 5.15. The van der Waals surface area contributed by atoms with Crippen molar-refractivity contribution < 1.29 is 4.74 Å². The molecule has 0 aliphatic rings. The monoisotopic (exact) mass is 276 g/mol. The van der Waals surface area contributed by atoms with Gasteiger partial charge in [0.1, 0.15) is 4.83 Å². The summed E-state index contributed by atoms with van der Waals surface area (Å²) in [5.74, 6) is 7.10. The van der Waals surface area contributed by atoms with E-state index in [-0.39, 0.29) is 0 Å². The van der Waals surface area contributed by atoms with Crippen LogP contribution in [0.3, 0.4) is 0 Å². The van der Waals surface area contributed by atoms with Gasteiger partial charge in [-0.1, -0.05) is 0 Å². The fraction of sp³-hybridized carbons (Fsp3) is 0.182. The van der Waals surface area contributed by atoms with Crippen LogP contribution in [0.2, 0.25) is 0 Å². The van der Waals surface area contributed by atoms with E-state index < -0.39 is 0 Å². The molecule has 0 aliphatic carbocycles. The topological polar surface area (TPSA) is 90.9 Å². The Labute approximate surface area is 113 Å². The number of thiophene rings is 1. The van der Waals surface area contributed by atoms with Crippen molar-refractivity contribution in [2.24, 2.45) is 5.84 Å². The number of aryl methyl sites for hydroxylation is 1. The largest absolute Gasteiger partial charge is 0.493 e. The number of nitrogens with two attached hydrogens (primary N) is 1. The van der Waals surface area contributed by atoms with Crippen LogP contribution in [0.15, 0.2) is 18.5 Å². The maximum Gasteiger partial charge on any atom is 0.240 e. The van der Waals surface area contributed by atoms with Crippen LogP contribution in [0.1, 0.15) is 4.88 Å². The minimum absolute atomic E-state index is 0.360. The van der Waals surface area contributed by atoms with Gasteiger partial charge in [-0.15, -0.1) is 11.3 Å². The Bertz CT molecular complexity index is 734. The summed E-state index contributed by atoms with van der Waals surface area (Å²) in [4.78, 5) is 10.7. The highest BCUT2D eigenvalue weighted by molar-refractivity contribution is 7.18. The van der Waals surface area contributed by atoms with Crippen LogP contribution in [-0.2, 0) is 0 Å². The molecule has 0 aliphatic heterocycles. The molecule has 0 spiro atoms. The molecule has 98 valence electrons. The van der Waals surface area contributed by atoms with Crippen molar-refractivity contribution in [1.29, 1.82) is 0 Å². The van der Waals surface area contributed by atoms with Crippen LogP contribution in [-0.4, -0.2) is 26.9 Å². The van der Waals surface area contributed by atoms with Gasteiger partial charge in [-0.05, 0) is 13.0 Å². The molecule has 0 aromatic carbocycles. The van der Waals surface area contributed by atoms with Gasteiger partial charge in [0.2, 0.25) is 5.95 Å². The predicted molar refractivity (Wildman–Crippen MR) is 73.6 cm³/mol. The highest BCUT2D eigenvalue weighted by atomic mass is 32.1. The average molecular weight is 276 g/mol. The molecule has 8 heteroatoms. The van der Waals surface area contributed by atoms with Gasteiger partial charge in [-0.25, -0.2) is 15.5 Å². The molecule has 3 N–H and O–H groups in total. The molecule has 0 saturated heterocycles. The lowest BCUT2D eigenvalue weighted by Crippen LogP contribution is -2.12. The first-order chi connectivity index (χ1) is 9.21. The molecule has 0 saturated carbocycles. The van der Waals surface area contributed by atoms with Crippen molar-refractivity contribution in [3.63, 3.8) is 0 Å². The standard InChI is InChI=1S/C11H12N6OS/c1-6-3-8-9(17-5-7(18-2)4-13-17)14-11(16-12)15-10(8)19-6/h3-5H,12H2,1-2H3,(H,14,15,16). The minimum atomic E-state index is 0.360. The summed E-state index contributed by atoms with van der Waals surface area (Å²) >= 11 is 1.58. The number of nitrogens with zero attached hydrogens (tertiary/aromatic N) is 4. The second kappa shape index (κ2) is 4.48. The summed E-state index contributed by atoms with van der Waals surface area (Å²) in [5.41, 5.74) is 2.47. The number of nitrogens with one attached hydrogen (secondary N) is 1. The minimum Gasteiger partial charge on any atom is -0.493 e. The zero-order chi connectivity index (χ0) is 13.4. The summed E-state index contributed by atoms with van der Waals surface area (Å²) in [6.45, 7) is 2.02. The number of hydrogen-bond donors (Lipinski definition) is 2. The van der Waals surface area contributed by atoms with Crippen molar-refractivity contribution in [3.8, 4) is 11.6 Å². The van der Waals surface area contributed by atoms with Crippen LogP contribution in [0, 0.1) is 6.92 Å². The van der Waals surface area contributed by atoms with Crippen molar-refractivity contribution in [3.05, 3.63) is 23.3 Å². The molecule has 7 nitrogen and oxygen atoms in total. The molecule has 3 heterocycles. The van der Waals surface area contributed by atoms with Gasteiger partial charge in [-0.3, -0.25) is 5.43 Å². The molecule has 0 bridgehead atoms.